The predicted octanol–water partition coefficient (Wildman–Crippen LogP) is -0.330. The van der Waals surface area contributed by atoms with Gasteiger partial charge in [0.15, 0.2) is 11.9 Å². The zero-order valence-electron chi connectivity index (χ0n) is 15.3. The standard InChI is InChI=1S/C18H23N5O4/c1-10(2)18(8-24,9-25)20-17(26)15-13-6-11-5-12(11)16(13)23(21-15)14-7-22(27)4-3-19-14/h3-4,7,10-12,24-25H,5-6,8-9H2,1-2H3,(H,20,26)/t11-,12-/m0/s1. The Labute approximate surface area is 156 Å². The van der Waals surface area contributed by atoms with Crippen LogP contribution in [0.2, 0.25) is 0 Å². The molecule has 0 aliphatic heterocycles. The molecule has 27 heavy (non-hydrogen) atoms. The van der Waals surface area contributed by atoms with Gasteiger partial charge in [-0.1, -0.05) is 13.8 Å². The van der Waals surface area contributed by atoms with Crippen LogP contribution in [0.4, 0.5) is 0 Å². The fraction of sp³-hybridized carbons (Fsp3) is 0.556. The molecule has 2 aromatic heterocycles. The smallest absolute Gasteiger partial charge is 0.272 e. The van der Waals surface area contributed by atoms with Crippen molar-refractivity contribution >= 4 is 5.91 Å². The van der Waals surface area contributed by atoms with Crippen LogP contribution >= 0.6 is 0 Å². The molecule has 2 aromatic rings. The lowest BCUT2D eigenvalue weighted by Crippen LogP contribution is -2.58. The van der Waals surface area contributed by atoms with Crippen LogP contribution in [0.25, 0.3) is 5.82 Å². The first-order valence-electron chi connectivity index (χ1n) is 9.11. The van der Waals surface area contributed by atoms with Gasteiger partial charge in [-0.15, -0.1) is 0 Å². The highest BCUT2D eigenvalue weighted by Gasteiger charge is 2.51. The molecule has 9 nitrogen and oxygen atoms in total. The van der Waals surface area contributed by atoms with Gasteiger partial charge in [-0.25, -0.2) is 9.67 Å². The molecule has 0 aromatic carbocycles. The maximum absolute atomic E-state index is 13.0. The average molecular weight is 373 g/mol. The highest BCUT2D eigenvalue weighted by molar-refractivity contribution is 5.95. The third-order valence-electron chi connectivity index (χ3n) is 5.89. The molecule has 4 rings (SSSR count). The van der Waals surface area contributed by atoms with Gasteiger partial charge in [0.25, 0.3) is 5.91 Å². The number of aliphatic hydroxyl groups excluding tert-OH is 2. The number of carbonyl (C=O) groups excluding carboxylic acids is 1. The van der Waals surface area contributed by atoms with E-state index in [1.165, 1.54) is 18.6 Å². The van der Waals surface area contributed by atoms with Crippen LogP contribution in [0.5, 0.6) is 0 Å². The van der Waals surface area contributed by atoms with E-state index in [9.17, 15) is 20.2 Å². The molecule has 2 heterocycles. The van der Waals surface area contributed by atoms with Crippen molar-refractivity contribution in [3.8, 4) is 5.82 Å². The van der Waals surface area contributed by atoms with Crippen LogP contribution in [0, 0.1) is 17.0 Å². The van der Waals surface area contributed by atoms with Gasteiger partial charge in [-0.3, -0.25) is 4.79 Å². The molecule has 0 bridgehead atoms. The van der Waals surface area contributed by atoms with E-state index in [0.717, 1.165) is 24.1 Å². The van der Waals surface area contributed by atoms with Crippen molar-refractivity contribution < 1.29 is 19.7 Å². The van der Waals surface area contributed by atoms with Crippen LogP contribution in [0.1, 0.15) is 47.9 Å². The zero-order valence-corrected chi connectivity index (χ0v) is 15.3. The summed E-state index contributed by atoms with van der Waals surface area (Å²) in [5, 5.41) is 38.4. The molecule has 2 atom stereocenters. The highest BCUT2D eigenvalue weighted by atomic mass is 16.5. The Morgan fingerprint density at radius 1 is 1.48 bits per heavy atom. The number of carbonyl (C=O) groups is 1. The van der Waals surface area contributed by atoms with Crippen LogP contribution in [0.3, 0.4) is 0 Å². The van der Waals surface area contributed by atoms with Gasteiger partial charge < -0.3 is 20.7 Å². The fourth-order valence-electron chi connectivity index (χ4n) is 3.87. The third kappa shape index (κ3) is 2.78. The van der Waals surface area contributed by atoms with Crippen LogP contribution in [-0.4, -0.2) is 49.6 Å². The van der Waals surface area contributed by atoms with E-state index in [1.54, 1.807) is 4.68 Å². The lowest BCUT2D eigenvalue weighted by molar-refractivity contribution is -0.605. The van der Waals surface area contributed by atoms with E-state index in [0.29, 0.717) is 22.4 Å². The Hall–Kier alpha value is -2.52. The molecular formula is C18H23N5O4. The second kappa shape index (κ2) is 6.28. The summed E-state index contributed by atoms with van der Waals surface area (Å²) >= 11 is 0. The Balaban J connectivity index is 1.73. The van der Waals surface area contributed by atoms with Crippen molar-refractivity contribution in [2.45, 2.75) is 38.1 Å². The van der Waals surface area contributed by atoms with Gasteiger partial charge in [0.1, 0.15) is 0 Å². The summed E-state index contributed by atoms with van der Waals surface area (Å²) in [4.78, 5) is 17.2. The van der Waals surface area contributed by atoms with Gasteiger partial charge >= 0.3 is 0 Å². The molecule has 2 aliphatic rings. The van der Waals surface area contributed by atoms with Crippen LogP contribution < -0.4 is 10.0 Å². The van der Waals surface area contributed by atoms with Crippen molar-refractivity contribution in [3.05, 3.63) is 40.7 Å². The van der Waals surface area contributed by atoms with E-state index >= 15 is 0 Å². The maximum Gasteiger partial charge on any atom is 0.272 e. The summed E-state index contributed by atoms with van der Waals surface area (Å²) in [5.74, 6) is 0.602. The lowest BCUT2D eigenvalue weighted by Gasteiger charge is -2.34. The summed E-state index contributed by atoms with van der Waals surface area (Å²) < 4.78 is 2.24. The Morgan fingerprint density at radius 2 is 2.22 bits per heavy atom. The van der Waals surface area contributed by atoms with E-state index in [4.69, 9.17) is 0 Å². The topological polar surface area (TPSA) is 127 Å². The Morgan fingerprint density at radius 3 is 2.85 bits per heavy atom. The predicted molar refractivity (Wildman–Crippen MR) is 94.1 cm³/mol. The minimum absolute atomic E-state index is 0.171. The van der Waals surface area contributed by atoms with Gasteiger partial charge in [-0.05, 0) is 24.7 Å². The quantitative estimate of drug-likeness (QED) is 0.470. The summed E-state index contributed by atoms with van der Waals surface area (Å²) in [7, 11) is 0. The number of hydrogen-bond acceptors (Lipinski definition) is 6. The largest absolute Gasteiger partial charge is 0.619 e. The first kappa shape index (κ1) is 17.9. The normalized spacial score (nSPS) is 20.5. The van der Waals surface area contributed by atoms with Crippen molar-refractivity contribution in [2.75, 3.05) is 13.2 Å². The van der Waals surface area contributed by atoms with Gasteiger partial charge in [-0.2, -0.15) is 9.83 Å². The van der Waals surface area contributed by atoms with Gasteiger partial charge in [0.05, 0.1) is 30.6 Å². The molecule has 0 spiro atoms. The lowest BCUT2D eigenvalue weighted by atomic mass is 9.87. The molecule has 144 valence electrons. The second-order valence-corrected chi connectivity index (χ2v) is 7.79. The number of hydrogen-bond donors (Lipinski definition) is 3. The SMILES string of the molecule is CC(C)C(CO)(CO)NC(=O)c1nn(-c2c[n+]([O-])ccn2)c2c1C[C@@H]1C[C@H]21. The fourth-order valence-corrected chi connectivity index (χ4v) is 3.87. The van der Waals surface area contributed by atoms with E-state index in [2.05, 4.69) is 15.4 Å². The maximum atomic E-state index is 13.0. The number of amides is 1. The Bertz CT molecular complexity index is 890. The second-order valence-electron chi connectivity index (χ2n) is 7.79. The molecule has 1 fully saturated rings. The number of rotatable bonds is 6. The van der Waals surface area contributed by atoms with Crippen molar-refractivity contribution in [1.29, 1.82) is 0 Å². The van der Waals surface area contributed by atoms with Crippen LogP contribution in [0.15, 0.2) is 18.6 Å². The van der Waals surface area contributed by atoms with Crippen molar-refractivity contribution in [3.63, 3.8) is 0 Å². The summed E-state index contributed by atoms with van der Waals surface area (Å²) in [6, 6.07) is 0. The highest BCUT2D eigenvalue weighted by Crippen LogP contribution is 2.57. The summed E-state index contributed by atoms with van der Waals surface area (Å²) in [5.41, 5.74) is 0.947. The van der Waals surface area contributed by atoms with Gasteiger partial charge in [0, 0.05) is 11.5 Å². The third-order valence-corrected chi connectivity index (χ3v) is 5.89. The van der Waals surface area contributed by atoms with Crippen molar-refractivity contribution in [1.82, 2.24) is 20.1 Å². The number of nitrogens with zero attached hydrogens (tertiary/aromatic N) is 4. The molecule has 0 radical (unpaired) electrons. The van der Waals surface area contributed by atoms with E-state index in [1.807, 2.05) is 13.8 Å². The molecule has 0 unspecified atom stereocenters. The summed E-state index contributed by atoms with van der Waals surface area (Å²) in [6.45, 7) is 2.90. The first-order chi connectivity index (χ1) is 12.9. The molecule has 2 aliphatic carbocycles. The minimum atomic E-state index is -1.13. The molecular weight excluding hydrogens is 350 g/mol. The number of nitrogens with one attached hydrogen (secondary N) is 1. The van der Waals surface area contributed by atoms with Gasteiger partial charge in [0.2, 0.25) is 12.0 Å². The molecule has 1 amide bonds. The molecule has 3 N–H and O–H groups in total. The number of aromatic nitrogens is 4. The number of fused-ring (bicyclic) bond motifs is 3. The Kier molecular flexibility index (Phi) is 4.15. The molecule has 9 heteroatoms. The zero-order chi connectivity index (χ0) is 19.3. The summed E-state index contributed by atoms with van der Waals surface area (Å²) in [6.07, 6.45) is 5.83. The minimum Gasteiger partial charge on any atom is -0.619 e. The van der Waals surface area contributed by atoms with Crippen molar-refractivity contribution in [2.24, 2.45) is 11.8 Å². The van der Waals surface area contributed by atoms with E-state index in [-0.39, 0.29) is 24.8 Å². The van der Waals surface area contributed by atoms with E-state index < -0.39 is 11.4 Å². The average Bonchev–Trinajstić information content (AvgIpc) is 3.14. The van der Waals surface area contributed by atoms with Crippen LogP contribution in [-0.2, 0) is 6.42 Å². The molecule has 0 saturated heterocycles. The number of aliphatic hydroxyl groups is 2. The monoisotopic (exact) mass is 373 g/mol. The first-order valence-corrected chi connectivity index (χ1v) is 9.11. The molecule has 1 saturated carbocycles.